The monoisotopic (exact) mass is 294 g/mol. The summed E-state index contributed by atoms with van der Waals surface area (Å²) in [7, 11) is 0. The first kappa shape index (κ1) is 15.7. The maximum atomic E-state index is 12.1. The van der Waals surface area contributed by atoms with E-state index in [0.717, 1.165) is 6.42 Å². The van der Waals surface area contributed by atoms with E-state index in [4.69, 9.17) is 5.73 Å². The molecule has 1 aromatic heterocycles. The van der Waals surface area contributed by atoms with Crippen LogP contribution in [0.4, 0.5) is 11.5 Å². The quantitative estimate of drug-likeness (QED) is 0.773. The zero-order valence-electron chi connectivity index (χ0n) is 12.9. The van der Waals surface area contributed by atoms with Crippen molar-refractivity contribution < 1.29 is 0 Å². The standard InChI is InChI=1S/C15H26N4O2/c1-3-11(10-8-6-5-7-9-10)17-12-13(16)19(4-2)15(21)18-14(12)20/h10-11,17H,3-9,16H2,1-2H3,(H,18,20,21). The number of anilines is 2. The highest BCUT2D eigenvalue weighted by atomic mass is 16.2. The molecule has 1 aliphatic carbocycles. The summed E-state index contributed by atoms with van der Waals surface area (Å²) in [4.78, 5) is 26.1. The summed E-state index contributed by atoms with van der Waals surface area (Å²) in [6.07, 6.45) is 7.13. The first-order valence-electron chi connectivity index (χ1n) is 7.97. The number of nitrogens with one attached hydrogen (secondary N) is 2. The number of H-pyrrole nitrogens is 1. The van der Waals surface area contributed by atoms with Gasteiger partial charge in [0.2, 0.25) is 0 Å². The Kier molecular flexibility index (Phi) is 5.09. The van der Waals surface area contributed by atoms with Crippen LogP contribution in [0.15, 0.2) is 9.59 Å². The lowest BCUT2D eigenvalue weighted by Gasteiger charge is -2.31. The number of aromatic nitrogens is 2. The Morgan fingerprint density at radius 1 is 1.29 bits per heavy atom. The minimum atomic E-state index is -0.448. The second-order valence-electron chi connectivity index (χ2n) is 5.82. The number of rotatable bonds is 5. The van der Waals surface area contributed by atoms with Crippen LogP contribution < -0.4 is 22.3 Å². The lowest BCUT2D eigenvalue weighted by Crippen LogP contribution is -2.38. The molecule has 1 saturated carbocycles. The van der Waals surface area contributed by atoms with E-state index >= 15 is 0 Å². The highest BCUT2D eigenvalue weighted by molar-refractivity contribution is 5.60. The maximum absolute atomic E-state index is 12.1. The van der Waals surface area contributed by atoms with Crippen LogP contribution in [0, 0.1) is 5.92 Å². The average Bonchev–Trinajstić information content (AvgIpc) is 2.48. The van der Waals surface area contributed by atoms with Crippen molar-refractivity contribution >= 4 is 11.5 Å². The van der Waals surface area contributed by atoms with Gasteiger partial charge in [-0.05, 0) is 32.1 Å². The third kappa shape index (κ3) is 3.31. The molecule has 0 spiro atoms. The maximum Gasteiger partial charge on any atom is 0.330 e. The number of aromatic amines is 1. The van der Waals surface area contributed by atoms with Crippen LogP contribution in [0.3, 0.4) is 0 Å². The molecule has 0 amide bonds. The van der Waals surface area contributed by atoms with Gasteiger partial charge in [0.1, 0.15) is 11.5 Å². The number of nitrogens with zero attached hydrogens (tertiary/aromatic N) is 1. The molecule has 1 atom stereocenters. The van der Waals surface area contributed by atoms with Gasteiger partial charge in [-0.2, -0.15) is 0 Å². The first-order chi connectivity index (χ1) is 10.1. The predicted octanol–water partition coefficient (Wildman–Crippen LogP) is 1.91. The Bertz CT molecular complexity index is 584. The van der Waals surface area contributed by atoms with E-state index in [-0.39, 0.29) is 11.9 Å². The van der Waals surface area contributed by atoms with Crippen molar-refractivity contribution in [2.75, 3.05) is 11.1 Å². The second-order valence-corrected chi connectivity index (χ2v) is 5.82. The third-order valence-corrected chi connectivity index (χ3v) is 4.54. The first-order valence-corrected chi connectivity index (χ1v) is 7.97. The Balaban J connectivity index is 2.28. The van der Waals surface area contributed by atoms with Crippen LogP contribution in [0.5, 0.6) is 0 Å². The van der Waals surface area contributed by atoms with Crippen molar-refractivity contribution in [3.63, 3.8) is 0 Å². The molecule has 6 heteroatoms. The fourth-order valence-corrected chi connectivity index (χ4v) is 3.32. The van der Waals surface area contributed by atoms with Crippen molar-refractivity contribution in [1.29, 1.82) is 0 Å². The topological polar surface area (TPSA) is 92.9 Å². The number of nitrogen functional groups attached to an aromatic ring is 1. The van der Waals surface area contributed by atoms with Crippen molar-refractivity contribution in [2.24, 2.45) is 5.92 Å². The van der Waals surface area contributed by atoms with Gasteiger partial charge in [-0.3, -0.25) is 14.3 Å². The van der Waals surface area contributed by atoms with Crippen LogP contribution in [0.1, 0.15) is 52.4 Å². The summed E-state index contributed by atoms with van der Waals surface area (Å²) in [6, 6.07) is 0.233. The van der Waals surface area contributed by atoms with Crippen molar-refractivity contribution in [1.82, 2.24) is 9.55 Å². The number of hydrogen-bond acceptors (Lipinski definition) is 4. The summed E-state index contributed by atoms with van der Waals surface area (Å²) in [5.74, 6) is 0.810. The van der Waals surface area contributed by atoms with Crippen molar-refractivity contribution in [3.05, 3.63) is 20.8 Å². The largest absolute Gasteiger partial charge is 0.383 e. The molecular formula is C15H26N4O2. The molecule has 0 bridgehead atoms. The zero-order valence-corrected chi connectivity index (χ0v) is 12.9. The average molecular weight is 294 g/mol. The lowest BCUT2D eigenvalue weighted by molar-refractivity contribution is 0.313. The summed E-state index contributed by atoms with van der Waals surface area (Å²) < 4.78 is 1.39. The van der Waals surface area contributed by atoms with E-state index in [1.54, 1.807) is 0 Å². The fraction of sp³-hybridized carbons (Fsp3) is 0.733. The highest BCUT2D eigenvalue weighted by Crippen LogP contribution is 2.29. The van der Waals surface area contributed by atoms with E-state index < -0.39 is 11.2 Å². The van der Waals surface area contributed by atoms with Gasteiger partial charge in [0.05, 0.1) is 0 Å². The van der Waals surface area contributed by atoms with E-state index in [2.05, 4.69) is 17.2 Å². The van der Waals surface area contributed by atoms with Gasteiger partial charge in [0.15, 0.2) is 0 Å². The normalized spacial score (nSPS) is 17.6. The van der Waals surface area contributed by atoms with Gasteiger partial charge in [-0.25, -0.2) is 4.79 Å². The SMILES string of the molecule is CCC(Nc1c(N)n(CC)c(=O)[nH]c1=O)C1CCCCC1. The molecule has 0 saturated heterocycles. The highest BCUT2D eigenvalue weighted by Gasteiger charge is 2.24. The Morgan fingerprint density at radius 3 is 2.52 bits per heavy atom. The molecule has 0 radical (unpaired) electrons. The molecule has 21 heavy (non-hydrogen) atoms. The van der Waals surface area contributed by atoms with Gasteiger partial charge in [0.25, 0.3) is 5.56 Å². The van der Waals surface area contributed by atoms with E-state index in [9.17, 15) is 9.59 Å². The molecule has 118 valence electrons. The summed E-state index contributed by atoms with van der Waals surface area (Å²) in [5, 5.41) is 3.31. The molecule has 4 N–H and O–H groups in total. The van der Waals surface area contributed by atoms with Crippen LogP contribution in [-0.2, 0) is 6.54 Å². The lowest BCUT2D eigenvalue weighted by atomic mass is 9.83. The molecule has 1 aliphatic rings. The van der Waals surface area contributed by atoms with E-state index in [1.807, 2.05) is 6.92 Å². The Hall–Kier alpha value is -1.72. The Morgan fingerprint density at radius 2 is 1.95 bits per heavy atom. The predicted molar refractivity (Wildman–Crippen MR) is 85.7 cm³/mol. The van der Waals surface area contributed by atoms with Crippen LogP contribution in [0.2, 0.25) is 0 Å². The summed E-state index contributed by atoms with van der Waals surface area (Å²) in [5.41, 5.74) is 5.48. The second kappa shape index (κ2) is 6.83. The summed E-state index contributed by atoms with van der Waals surface area (Å²) >= 11 is 0. The number of nitrogens with two attached hydrogens (primary N) is 1. The smallest absolute Gasteiger partial charge is 0.330 e. The van der Waals surface area contributed by atoms with Crippen LogP contribution in [0.25, 0.3) is 0 Å². The van der Waals surface area contributed by atoms with Gasteiger partial charge >= 0.3 is 5.69 Å². The van der Waals surface area contributed by atoms with Crippen molar-refractivity contribution in [2.45, 2.75) is 65.0 Å². The molecule has 1 fully saturated rings. The molecule has 1 heterocycles. The van der Waals surface area contributed by atoms with Crippen LogP contribution in [-0.4, -0.2) is 15.6 Å². The molecule has 6 nitrogen and oxygen atoms in total. The van der Waals surface area contributed by atoms with Gasteiger partial charge in [-0.1, -0.05) is 26.2 Å². The molecular weight excluding hydrogens is 268 g/mol. The van der Waals surface area contributed by atoms with E-state index in [0.29, 0.717) is 18.2 Å². The van der Waals surface area contributed by atoms with Crippen LogP contribution >= 0.6 is 0 Å². The fourth-order valence-electron chi connectivity index (χ4n) is 3.32. The molecule has 0 aliphatic heterocycles. The summed E-state index contributed by atoms with van der Waals surface area (Å²) in [6.45, 7) is 4.39. The molecule has 1 unspecified atom stereocenters. The van der Waals surface area contributed by atoms with Crippen molar-refractivity contribution in [3.8, 4) is 0 Å². The zero-order chi connectivity index (χ0) is 15.4. The van der Waals surface area contributed by atoms with Gasteiger partial charge < -0.3 is 11.1 Å². The molecule has 1 aromatic rings. The minimum Gasteiger partial charge on any atom is -0.383 e. The Labute approximate surface area is 124 Å². The van der Waals surface area contributed by atoms with Gasteiger partial charge in [0, 0.05) is 12.6 Å². The molecule has 2 rings (SSSR count). The third-order valence-electron chi connectivity index (χ3n) is 4.54. The molecule has 0 aromatic carbocycles. The van der Waals surface area contributed by atoms with Gasteiger partial charge in [-0.15, -0.1) is 0 Å². The minimum absolute atomic E-state index is 0.233. The van der Waals surface area contributed by atoms with E-state index in [1.165, 1.54) is 36.7 Å². The number of hydrogen-bond donors (Lipinski definition) is 3.